The SMILES string of the molecule is CCOC(=O)CNC(=O)c1cccn2c(=O)c(NC(=O)Nc3ccccc3)cnc12. The maximum Gasteiger partial charge on any atom is 0.325 e. The number of rotatable bonds is 6. The second-order valence-electron chi connectivity index (χ2n) is 6.03. The highest BCUT2D eigenvalue weighted by molar-refractivity contribution is 6.01. The Morgan fingerprint density at radius 1 is 1.07 bits per heavy atom. The Bertz CT molecular complexity index is 1140. The second-order valence-corrected chi connectivity index (χ2v) is 6.03. The molecule has 0 unspecified atom stereocenters. The molecule has 0 fully saturated rings. The van der Waals surface area contributed by atoms with Gasteiger partial charge in [-0.15, -0.1) is 0 Å². The lowest BCUT2D eigenvalue weighted by Gasteiger charge is -2.10. The lowest BCUT2D eigenvalue weighted by atomic mass is 10.2. The molecule has 10 heteroatoms. The van der Waals surface area contributed by atoms with Gasteiger partial charge in [0.2, 0.25) is 0 Å². The third-order valence-corrected chi connectivity index (χ3v) is 3.96. The highest BCUT2D eigenvalue weighted by Crippen LogP contribution is 2.10. The van der Waals surface area contributed by atoms with E-state index in [1.165, 1.54) is 24.5 Å². The summed E-state index contributed by atoms with van der Waals surface area (Å²) in [4.78, 5) is 52.8. The summed E-state index contributed by atoms with van der Waals surface area (Å²) in [6.45, 7) is 1.55. The number of amides is 3. The van der Waals surface area contributed by atoms with Gasteiger partial charge >= 0.3 is 12.0 Å². The zero-order chi connectivity index (χ0) is 21.5. The second kappa shape index (κ2) is 9.32. The Morgan fingerprint density at radius 2 is 1.83 bits per heavy atom. The number of esters is 1. The number of benzene rings is 1. The number of aromatic nitrogens is 2. The lowest BCUT2D eigenvalue weighted by Crippen LogP contribution is -2.32. The quantitative estimate of drug-likeness (QED) is 0.531. The fourth-order valence-electron chi connectivity index (χ4n) is 2.64. The van der Waals surface area contributed by atoms with E-state index in [2.05, 4.69) is 20.9 Å². The van der Waals surface area contributed by atoms with Crippen molar-refractivity contribution >= 4 is 34.9 Å². The molecular formula is C20H19N5O5. The summed E-state index contributed by atoms with van der Waals surface area (Å²) in [5.74, 6) is -1.16. The normalized spacial score (nSPS) is 10.3. The molecule has 1 aromatic carbocycles. The van der Waals surface area contributed by atoms with Crippen molar-refractivity contribution in [3.63, 3.8) is 0 Å². The van der Waals surface area contributed by atoms with Crippen LogP contribution in [0.25, 0.3) is 5.65 Å². The molecule has 2 heterocycles. The van der Waals surface area contributed by atoms with Crippen LogP contribution in [0, 0.1) is 0 Å². The van der Waals surface area contributed by atoms with E-state index < -0.39 is 23.5 Å². The summed E-state index contributed by atoms with van der Waals surface area (Å²) in [6.07, 6.45) is 2.59. The molecule has 2 aromatic heterocycles. The molecular weight excluding hydrogens is 390 g/mol. The smallest absolute Gasteiger partial charge is 0.325 e. The minimum atomic E-state index is -0.608. The summed E-state index contributed by atoms with van der Waals surface area (Å²) in [5, 5.41) is 7.47. The van der Waals surface area contributed by atoms with Gasteiger partial charge in [0.05, 0.1) is 18.4 Å². The van der Waals surface area contributed by atoms with Crippen molar-refractivity contribution in [3.8, 4) is 0 Å². The van der Waals surface area contributed by atoms with Crippen molar-refractivity contribution in [1.82, 2.24) is 14.7 Å². The van der Waals surface area contributed by atoms with Gasteiger partial charge in [-0.3, -0.25) is 18.8 Å². The van der Waals surface area contributed by atoms with Gasteiger partial charge in [-0.05, 0) is 31.2 Å². The molecule has 0 bridgehead atoms. The van der Waals surface area contributed by atoms with Crippen LogP contribution in [-0.2, 0) is 9.53 Å². The molecule has 10 nitrogen and oxygen atoms in total. The van der Waals surface area contributed by atoms with Crippen LogP contribution in [0.2, 0.25) is 0 Å². The van der Waals surface area contributed by atoms with Gasteiger partial charge in [0, 0.05) is 11.9 Å². The predicted molar refractivity (Wildman–Crippen MR) is 110 cm³/mol. The van der Waals surface area contributed by atoms with Crippen molar-refractivity contribution in [1.29, 1.82) is 0 Å². The number of hydrogen-bond donors (Lipinski definition) is 3. The lowest BCUT2D eigenvalue weighted by molar-refractivity contribution is -0.141. The van der Waals surface area contributed by atoms with Crippen LogP contribution in [-0.4, -0.2) is 40.4 Å². The van der Waals surface area contributed by atoms with Crippen molar-refractivity contribution in [3.05, 3.63) is 70.8 Å². The Kier molecular flexibility index (Phi) is 6.38. The van der Waals surface area contributed by atoms with Crippen LogP contribution in [0.1, 0.15) is 17.3 Å². The van der Waals surface area contributed by atoms with Crippen molar-refractivity contribution in [2.45, 2.75) is 6.92 Å². The summed E-state index contributed by atoms with van der Waals surface area (Å²) < 4.78 is 5.90. The number of fused-ring (bicyclic) bond motifs is 1. The number of para-hydroxylation sites is 1. The van der Waals surface area contributed by atoms with Gasteiger partial charge in [-0.2, -0.15) is 0 Å². The maximum atomic E-state index is 12.7. The van der Waals surface area contributed by atoms with E-state index in [1.807, 2.05) is 6.07 Å². The van der Waals surface area contributed by atoms with Gasteiger partial charge in [-0.1, -0.05) is 18.2 Å². The number of urea groups is 1. The van der Waals surface area contributed by atoms with Crippen LogP contribution in [0.5, 0.6) is 0 Å². The first kappa shape index (κ1) is 20.5. The minimum Gasteiger partial charge on any atom is -0.465 e. The summed E-state index contributed by atoms with van der Waals surface area (Å²) in [7, 11) is 0. The number of ether oxygens (including phenoxy) is 1. The highest BCUT2D eigenvalue weighted by Gasteiger charge is 2.16. The molecule has 3 aromatic rings. The highest BCUT2D eigenvalue weighted by atomic mass is 16.5. The molecule has 0 radical (unpaired) electrons. The molecule has 30 heavy (non-hydrogen) atoms. The number of nitrogens with zero attached hydrogens (tertiary/aromatic N) is 2. The average Bonchev–Trinajstić information content (AvgIpc) is 2.74. The average molecular weight is 409 g/mol. The Hall–Kier alpha value is -4.21. The standard InChI is InChI=1S/C20H19N5O5/c1-2-30-16(26)12-22-18(27)14-9-6-10-25-17(14)21-11-15(19(25)28)24-20(29)23-13-7-4-3-5-8-13/h3-11H,2,12H2,1H3,(H,22,27)(H2,23,24,29). The van der Waals surface area contributed by atoms with Crippen LogP contribution in [0.3, 0.4) is 0 Å². The third-order valence-electron chi connectivity index (χ3n) is 3.96. The van der Waals surface area contributed by atoms with E-state index in [9.17, 15) is 19.2 Å². The van der Waals surface area contributed by atoms with E-state index >= 15 is 0 Å². The van der Waals surface area contributed by atoms with Gasteiger partial charge < -0.3 is 20.7 Å². The molecule has 154 valence electrons. The van der Waals surface area contributed by atoms with Crippen LogP contribution in [0.4, 0.5) is 16.2 Å². The third kappa shape index (κ3) is 4.79. The summed E-state index contributed by atoms with van der Waals surface area (Å²) >= 11 is 0. The van der Waals surface area contributed by atoms with Gasteiger partial charge in [0.25, 0.3) is 11.5 Å². The summed E-state index contributed by atoms with van der Waals surface area (Å²) in [5.41, 5.74) is 0.106. The summed E-state index contributed by atoms with van der Waals surface area (Å²) in [6, 6.07) is 11.1. The first-order chi connectivity index (χ1) is 14.5. The van der Waals surface area contributed by atoms with Crippen LogP contribution >= 0.6 is 0 Å². The molecule has 3 N–H and O–H groups in total. The largest absolute Gasteiger partial charge is 0.465 e. The van der Waals surface area contributed by atoms with Gasteiger partial charge in [0.1, 0.15) is 12.2 Å². The number of hydrogen-bond acceptors (Lipinski definition) is 6. The molecule has 3 amide bonds. The van der Waals surface area contributed by atoms with Crippen molar-refractivity contribution < 1.29 is 19.1 Å². The van der Waals surface area contributed by atoms with E-state index in [1.54, 1.807) is 31.2 Å². The predicted octanol–water partition coefficient (Wildman–Crippen LogP) is 1.63. The zero-order valence-corrected chi connectivity index (χ0v) is 16.0. The maximum absolute atomic E-state index is 12.7. The topological polar surface area (TPSA) is 131 Å². The number of nitrogens with one attached hydrogen (secondary N) is 3. The number of carbonyl (C=O) groups is 3. The number of anilines is 2. The van der Waals surface area contributed by atoms with Gasteiger partial charge in [0.15, 0.2) is 5.65 Å². The fraction of sp³-hybridized carbons (Fsp3) is 0.150. The first-order valence-electron chi connectivity index (χ1n) is 9.07. The molecule has 0 aliphatic rings. The monoisotopic (exact) mass is 409 g/mol. The molecule has 0 saturated heterocycles. The van der Waals surface area contributed by atoms with E-state index in [4.69, 9.17) is 4.74 Å². The minimum absolute atomic E-state index is 0.0648. The van der Waals surface area contributed by atoms with Crippen molar-refractivity contribution in [2.75, 3.05) is 23.8 Å². The number of carbonyl (C=O) groups excluding carboxylic acids is 3. The molecule has 3 rings (SSSR count). The van der Waals surface area contributed by atoms with E-state index in [0.717, 1.165) is 4.40 Å². The van der Waals surface area contributed by atoms with Gasteiger partial charge in [-0.25, -0.2) is 9.78 Å². The fourth-order valence-corrected chi connectivity index (χ4v) is 2.64. The molecule has 0 atom stereocenters. The first-order valence-corrected chi connectivity index (χ1v) is 9.07. The molecule has 0 aliphatic heterocycles. The van der Waals surface area contributed by atoms with Crippen molar-refractivity contribution in [2.24, 2.45) is 0 Å². The molecule has 0 spiro atoms. The number of pyridine rings is 1. The Morgan fingerprint density at radius 3 is 2.57 bits per heavy atom. The molecule has 0 aliphatic carbocycles. The van der Waals surface area contributed by atoms with E-state index in [0.29, 0.717) is 5.69 Å². The Balaban J connectivity index is 1.79. The molecule has 0 saturated carbocycles. The zero-order valence-electron chi connectivity index (χ0n) is 16.0. The van der Waals surface area contributed by atoms with Crippen LogP contribution in [0.15, 0.2) is 59.7 Å². The Labute approximate surface area is 170 Å². The van der Waals surface area contributed by atoms with E-state index in [-0.39, 0.29) is 30.0 Å². The van der Waals surface area contributed by atoms with Crippen LogP contribution < -0.4 is 21.5 Å².